The highest BCUT2D eigenvalue weighted by atomic mass is 35.5. The Labute approximate surface area is 115 Å². The number of hydrogen-bond acceptors (Lipinski definition) is 2. The number of hydrogen-bond donors (Lipinski definition) is 1. The quantitative estimate of drug-likeness (QED) is 0.902. The molecule has 2 nitrogen and oxygen atoms in total. The second-order valence-electron chi connectivity index (χ2n) is 5.20. The molecule has 1 atom stereocenters. The summed E-state index contributed by atoms with van der Waals surface area (Å²) in [6.45, 7) is 4.43. The molecule has 0 amide bonds. The summed E-state index contributed by atoms with van der Waals surface area (Å²) < 4.78 is 0. The Balaban J connectivity index is 2.08. The van der Waals surface area contributed by atoms with Gasteiger partial charge in [-0.05, 0) is 49.8 Å². The van der Waals surface area contributed by atoms with E-state index < -0.39 is 0 Å². The topological polar surface area (TPSA) is 29.3 Å². The van der Waals surface area contributed by atoms with E-state index in [4.69, 9.17) is 17.3 Å². The van der Waals surface area contributed by atoms with Crippen molar-refractivity contribution < 1.29 is 0 Å². The number of nitrogens with two attached hydrogens (primary N) is 1. The largest absolute Gasteiger partial charge is 0.371 e. The van der Waals surface area contributed by atoms with Gasteiger partial charge in [0.15, 0.2) is 0 Å². The highest BCUT2D eigenvalue weighted by Gasteiger charge is 2.13. The molecule has 1 saturated heterocycles. The molecule has 0 saturated carbocycles. The van der Waals surface area contributed by atoms with E-state index in [1.54, 1.807) is 0 Å². The van der Waals surface area contributed by atoms with Crippen molar-refractivity contribution in [2.75, 3.05) is 18.0 Å². The summed E-state index contributed by atoms with van der Waals surface area (Å²) in [5.41, 5.74) is 8.42. The summed E-state index contributed by atoms with van der Waals surface area (Å²) in [5.74, 6) is 0. The van der Waals surface area contributed by atoms with E-state index in [-0.39, 0.29) is 6.04 Å². The lowest BCUT2D eigenvalue weighted by Gasteiger charge is -2.29. The maximum atomic E-state index is 6.37. The van der Waals surface area contributed by atoms with E-state index in [0.29, 0.717) is 0 Å². The van der Waals surface area contributed by atoms with Crippen molar-refractivity contribution in [3.63, 3.8) is 0 Å². The van der Waals surface area contributed by atoms with Crippen molar-refractivity contribution >= 4 is 17.3 Å². The van der Waals surface area contributed by atoms with Gasteiger partial charge in [0, 0.05) is 29.8 Å². The van der Waals surface area contributed by atoms with E-state index in [2.05, 4.69) is 30.0 Å². The fourth-order valence-electron chi connectivity index (χ4n) is 2.48. The number of anilines is 1. The molecule has 1 heterocycles. The van der Waals surface area contributed by atoms with Crippen molar-refractivity contribution in [2.24, 2.45) is 5.73 Å². The second kappa shape index (κ2) is 6.44. The Bertz CT molecular complexity index is 386. The Morgan fingerprint density at radius 3 is 2.61 bits per heavy atom. The van der Waals surface area contributed by atoms with Crippen molar-refractivity contribution in [3.8, 4) is 0 Å². The maximum absolute atomic E-state index is 6.37. The van der Waals surface area contributed by atoms with Crippen LogP contribution in [0.1, 0.15) is 38.2 Å². The van der Waals surface area contributed by atoms with Crippen molar-refractivity contribution in [1.82, 2.24) is 0 Å². The molecular formula is C15H23ClN2. The number of nitrogens with zero attached hydrogens (tertiary/aromatic N) is 1. The lowest BCUT2D eigenvalue weighted by atomic mass is 10.0. The van der Waals surface area contributed by atoms with Crippen molar-refractivity contribution in [3.05, 3.63) is 28.8 Å². The third-order valence-corrected chi connectivity index (χ3v) is 4.12. The summed E-state index contributed by atoms with van der Waals surface area (Å²) in [6.07, 6.45) is 5.80. The van der Waals surface area contributed by atoms with Gasteiger partial charge in [0.05, 0.1) is 0 Å². The van der Waals surface area contributed by atoms with Gasteiger partial charge in [-0.25, -0.2) is 0 Å². The normalized spacial score (nSPS) is 17.8. The van der Waals surface area contributed by atoms with Crippen LogP contribution in [0.4, 0.5) is 5.69 Å². The minimum atomic E-state index is 0.211. The van der Waals surface area contributed by atoms with E-state index in [9.17, 15) is 0 Å². The van der Waals surface area contributed by atoms with Gasteiger partial charge < -0.3 is 10.6 Å². The molecule has 1 aromatic carbocycles. The third-order valence-electron chi connectivity index (χ3n) is 3.76. The predicted octanol–water partition coefficient (Wildman–Crippen LogP) is 3.61. The van der Waals surface area contributed by atoms with Crippen LogP contribution in [0.3, 0.4) is 0 Å². The lowest BCUT2D eigenvalue weighted by Crippen LogP contribution is -2.29. The molecule has 18 heavy (non-hydrogen) atoms. The molecule has 0 spiro atoms. The van der Waals surface area contributed by atoms with Crippen LogP contribution in [-0.4, -0.2) is 19.1 Å². The molecule has 1 aliphatic heterocycles. The zero-order chi connectivity index (χ0) is 13.0. The predicted molar refractivity (Wildman–Crippen MR) is 79.5 cm³/mol. The highest BCUT2D eigenvalue weighted by Crippen LogP contribution is 2.26. The molecule has 3 heteroatoms. The number of rotatable bonds is 4. The third kappa shape index (κ3) is 3.39. The van der Waals surface area contributed by atoms with Crippen LogP contribution in [-0.2, 0) is 6.42 Å². The van der Waals surface area contributed by atoms with E-state index in [1.165, 1.54) is 30.5 Å². The van der Waals surface area contributed by atoms with Crippen molar-refractivity contribution in [2.45, 2.75) is 45.1 Å². The first kappa shape index (κ1) is 13.7. The molecule has 1 fully saturated rings. The molecule has 2 N–H and O–H groups in total. The molecule has 1 unspecified atom stereocenters. The zero-order valence-electron chi connectivity index (χ0n) is 11.2. The van der Waals surface area contributed by atoms with Gasteiger partial charge in [-0.3, -0.25) is 0 Å². The van der Waals surface area contributed by atoms with Crippen LogP contribution in [0.5, 0.6) is 0 Å². The van der Waals surface area contributed by atoms with Gasteiger partial charge in [-0.1, -0.05) is 24.6 Å². The molecule has 0 bridgehead atoms. The fraction of sp³-hybridized carbons (Fsp3) is 0.600. The first-order valence-electron chi connectivity index (χ1n) is 6.99. The minimum Gasteiger partial charge on any atom is -0.371 e. The zero-order valence-corrected chi connectivity index (χ0v) is 11.9. The molecule has 0 aliphatic carbocycles. The Hall–Kier alpha value is -0.730. The summed E-state index contributed by atoms with van der Waals surface area (Å²) in [7, 11) is 0. The average molecular weight is 267 g/mol. The van der Waals surface area contributed by atoms with Gasteiger partial charge >= 0.3 is 0 Å². The number of benzene rings is 1. The summed E-state index contributed by atoms with van der Waals surface area (Å²) in [4.78, 5) is 2.43. The van der Waals surface area contributed by atoms with Gasteiger partial charge in [0.1, 0.15) is 0 Å². The molecule has 0 radical (unpaired) electrons. The molecule has 1 aliphatic rings. The number of piperidine rings is 1. The summed E-state index contributed by atoms with van der Waals surface area (Å²) in [5, 5.41) is 0.863. The van der Waals surface area contributed by atoms with Gasteiger partial charge in [-0.15, -0.1) is 0 Å². The van der Waals surface area contributed by atoms with Crippen LogP contribution in [0.25, 0.3) is 0 Å². The minimum absolute atomic E-state index is 0.211. The fourth-order valence-corrected chi connectivity index (χ4v) is 2.73. The standard InChI is InChI=1S/C15H23ClN2/c1-2-13(17)10-12-6-7-14(11-15(12)16)18-8-4-3-5-9-18/h6-7,11,13H,2-5,8-10,17H2,1H3. The Morgan fingerprint density at radius 2 is 2.00 bits per heavy atom. The van der Waals surface area contributed by atoms with E-state index >= 15 is 0 Å². The SMILES string of the molecule is CCC(N)Cc1ccc(N2CCCCC2)cc1Cl. The Kier molecular flexibility index (Phi) is 4.90. The second-order valence-corrected chi connectivity index (χ2v) is 5.60. The lowest BCUT2D eigenvalue weighted by molar-refractivity contribution is 0.577. The first-order valence-corrected chi connectivity index (χ1v) is 7.37. The van der Waals surface area contributed by atoms with E-state index in [1.807, 2.05) is 0 Å². The Morgan fingerprint density at radius 1 is 1.28 bits per heavy atom. The summed E-state index contributed by atoms with van der Waals surface area (Å²) in [6, 6.07) is 6.64. The first-order chi connectivity index (χ1) is 8.70. The van der Waals surface area contributed by atoms with Gasteiger partial charge in [0.25, 0.3) is 0 Å². The van der Waals surface area contributed by atoms with Crippen LogP contribution in [0.2, 0.25) is 5.02 Å². The van der Waals surface area contributed by atoms with Crippen LogP contribution >= 0.6 is 11.6 Å². The molecule has 0 aromatic heterocycles. The average Bonchev–Trinajstić information content (AvgIpc) is 2.42. The highest BCUT2D eigenvalue weighted by molar-refractivity contribution is 6.31. The summed E-state index contributed by atoms with van der Waals surface area (Å²) >= 11 is 6.37. The van der Waals surface area contributed by atoms with Crippen LogP contribution in [0, 0.1) is 0 Å². The molecule has 100 valence electrons. The molecular weight excluding hydrogens is 244 g/mol. The number of halogens is 1. The van der Waals surface area contributed by atoms with Crippen LogP contribution < -0.4 is 10.6 Å². The van der Waals surface area contributed by atoms with Crippen LogP contribution in [0.15, 0.2) is 18.2 Å². The van der Waals surface area contributed by atoms with Gasteiger partial charge in [0.2, 0.25) is 0 Å². The monoisotopic (exact) mass is 266 g/mol. The smallest absolute Gasteiger partial charge is 0.0459 e. The van der Waals surface area contributed by atoms with Crippen molar-refractivity contribution in [1.29, 1.82) is 0 Å². The van der Waals surface area contributed by atoms with E-state index in [0.717, 1.165) is 31.0 Å². The molecule has 1 aromatic rings. The van der Waals surface area contributed by atoms with Gasteiger partial charge in [-0.2, -0.15) is 0 Å². The molecule has 2 rings (SSSR count). The maximum Gasteiger partial charge on any atom is 0.0459 e.